The fourth-order valence-corrected chi connectivity index (χ4v) is 4.24. The van der Waals surface area contributed by atoms with Crippen LogP contribution in [0.5, 0.6) is 5.75 Å². The number of guanidine groups is 1. The van der Waals surface area contributed by atoms with E-state index in [0.717, 1.165) is 31.8 Å². The van der Waals surface area contributed by atoms with E-state index < -0.39 is 0 Å². The van der Waals surface area contributed by atoms with Crippen molar-refractivity contribution in [3.63, 3.8) is 0 Å². The molecule has 0 aromatic heterocycles. The first-order valence-corrected chi connectivity index (χ1v) is 9.66. The fraction of sp³-hybridized carbons (Fsp3) is 0.650. The predicted octanol–water partition coefficient (Wildman–Crippen LogP) is 3.12. The van der Waals surface area contributed by atoms with Crippen molar-refractivity contribution in [1.82, 2.24) is 10.2 Å². The van der Waals surface area contributed by atoms with E-state index in [1.54, 1.807) is 7.11 Å². The van der Waals surface area contributed by atoms with Crippen LogP contribution in [-0.2, 0) is 6.42 Å². The summed E-state index contributed by atoms with van der Waals surface area (Å²) in [6.45, 7) is 6.20. The molecule has 1 aliphatic heterocycles. The largest absolute Gasteiger partial charge is 0.497 e. The summed E-state index contributed by atoms with van der Waals surface area (Å²) in [6.07, 6.45) is 6.08. The molecule has 146 valence electrons. The van der Waals surface area contributed by atoms with Crippen LogP contribution in [-0.4, -0.2) is 50.2 Å². The van der Waals surface area contributed by atoms with Crippen LogP contribution in [0.15, 0.2) is 23.2 Å². The van der Waals surface area contributed by atoms with Gasteiger partial charge in [-0.15, -0.1) is 24.0 Å². The molecule has 0 spiro atoms. The minimum Gasteiger partial charge on any atom is -0.497 e. The number of likely N-dealkylation sites (N-methyl/N-ethyl adjacent to an activating group) is 1. The molecule has 3 rings (SSSR count). The Bertz CT molecular complexity index is 607. The van der Waals surface area contributed by atoms with Gasteiger partial charge in [-0.3, -0.25) is 9.89 Å². The molecule has 1 heterocycles. The SMILES string of the molecule is CCN1CCCC1CN=C(N)NCC1CCCc2cc(OC)ccc21.I. The van der Waals surface area contributed by atoms with Gasteiger partial charge in [0.2, 0.25) is 0 Å². The van der Waals surface area contributed by atoms with Gasteiger partial charge in [0, 0.05) is 18.5 Å². The Morgan fingerprint density at radius 3 is 2.96 bits per heavy atom. The Morgan fingerprint density at radius 1 is 1.35 bits per heavy atom. The van der Waals surface area contributed by atoms with Crippen LogP contribution in [0.2, 0.25) is 0 Å². The third-order valence-corrected chi connectivity index (χ3v) is 5.70. The van der Waals surface area contributed by atoms with E-state index in [-0.39, 0.29) is 24.0 Å². The summed E-state index contributed by atoms with van der Waals surface area (Å²) < 4.78 is 5.35. The number of aliphatic imine (C=N–C) groups is 1. The van der Waals surface area contributed by atoms with Crippen molar-refractivity contribution in [3.05, 3.63) is 29.3 Å². The number of nitrogens with one attached hydrogen (secondary N) is 1. The maximum absolute atomic E-state index is 6.12. The first-order chi connectivity index (χ1) is 12.2. The van der Waals surface area contributed by atoms with Gasteiger partial charge in [-0.2, -0.15) is 0 Å². The molecule has 1 fully saturated rings. The van der Waals surface area contributed by atoms with Crippen molar-refractivity contribution < 1.29 is 4.74 Å². The van der Waals surface area contributed by atoms with Gasteiger partial charge in [-0.05, 0) is 68.5 Å². The summed E-state index contributed by atoms with van der Waals surface area (Å²) in [4.78, 5) is 7.10. The van der Waals surface area contributed by atoms with Crippen molar-refractivity contribution in [1.29, 1.82) is 0 Å². The van der Waals surface area contributed by atoms with Gasteiger partial charge >= 0.3 is 0 Å². The normalized spacial score (nSPS) is 23.2. The Morgan fingerprint density at radius 2 is 2.19 bits per heavy atom. The number of nitrogens with zero attached hydrogens (tertiary/aromatic N) is 2. The second-order valence-electron chi connectivity index (χ2n) is 7.19. The maximum atomic E-state index is 6.12. The second kappa shape index (κ2) is 10.3. The highest BCUT2D eigenvalue weighted by molar-refractivity contribution is 14.0. The molecule has 6 heteroatoms. The van der Waals surface area contributed by atoms with E-state index in [1.165, 1.54) is 43.4 Å². The van der Waals surface area contributed by atoms with Crippen LogP contribution in [0.25, 0.3) is 0 Å². The fourth-order valence-electron chi connectivity index (χ4n) is 4.24. The van der Waals surface area contributed by atoms with E-state index in [9.17, 15) is 0 Å². The van der Waals surface area contributed by atoms with Crippen LogP contribution >= 0.6 is 24.0 Å². The predicted molar refractivity (Wildman–Crippen MR) is 119 cm³/mol. The number of hydrogen-bond donors (Lipinski definition) is 2. The summed E-state index contributed by atoms with van der Waals surface area (Å²) >= 11 is 0. The van der Waals surface area contributed by atoms with Crippen molar-refractivity contribution in [3.8, 4) is 5.75 Å². The van der Waals surface area contributed by atoms with Gasteiger partial charge in [0.05, 0.1) is 13.7 Å². The Kier molecular flexibility index (Phi) is 8.47. The molecule has 1 aromatic rings. The Labute approximate surface area is 174 Å². The van der Waals surface area contributed by atoms with Crippen molar-refractivity contribution in [2.75, 3.05) is 33.3 Å². The lowest BCUT2D eigenvalue weighted by molar-refractivity contribution is 0.273. The summed E-state index contributed by atoms with van der Waals surface area (Å²) in [5, 5.41) is 3.36. The maximum Gasteiger partial charge on any atom is 0.188 e. The number of fused-ring (bicyclic) bond motifs is 1. The first kappa shape index (κ1) is 21.3. The highest BCUT2D eigenvalue weighted by atomic mass is 127. The summed E-state index contributed by atoms with van der Waals surface area (Å²) in [7, 11) is 1.73. The molecule has 5 nitrogen and oxygen atoms in total. The average Bonchev–Trinajstić information content (AvgIpc) is 3.11. The molecule has 1 aromatic carbocycles. The van der Waals surface area contributed by atoms with Crippen LogP contribution in [0.4, 0.5) is 0 Å². The highest BCUT2D eigenvalue weighted by Gasteiger charge is 2.23. The van der Waals surface area contributed by atoms with Gasteiger partial charge < -0.3 is 15.8 Å². The third-order valence-electron chi connectivity index (χ3n) is 5.70. The second-order valence-corrected chi connectivity index (χ2v) is 7.19. The lowest BCUT2D eigenvalue weighted by Crippen LogP contribution is -2.37. The molecule has 2 unspecified atom stereocenters. The first-order valence-electron chi connectivity index (χ1n) is 9.66. The summed E-state index contributed by atoms with van der Waals surface area (Å²) in [6, 6.07) is 7.02. The average molecular weight is 472 g/mol. The number of ether oxygens (including phenoxy) is 1. The third kappa shape index (κ3) is 5.25. The monoisotopic (exact) mass is 472 g/mol. The van der Waals surface area contributed by atoms with Gasteiger partial charge in [-0.25, -0.2) is 0 Å². The van der Waals surface area contributed by atoms with Crippen LogP contribution in [0.3, 0.4) is 0 Å². The molecular weight excluding hydrogens is 439 g/mol. The quantitative estimate of drug-likeness (QED) is 0.380. The van der Waals surface area contributed by atoms with E-state index in [1.807, 2.05) is 0 Å². The summed E-state index contributed by atoms with van der Waals surface area (Å²) in [5.41, 5.74) is 8.97. The molecule has 0 saturated carbocycles. The van der Waals surface area contributed by atoms with E-state index in [2.05, 4.69) is 40.3 Å². The van der Waals surface area contributed by atoms with E-state index >= 15 is 0 Å². The number of rotatable bonds is 6. The number of methoxy groups -OCH3 is 1. The number of likely N-dealkylation sites (tertiary alicyclic amines) is 1. The van der Waals surface area contributed by atoms with Crippen molar-refractivity contribution >= 4 is 29.9 Å². The van der Waals surface area contributed by atoms with Crippen LogP contribution in [0.1, 0.15) is 49.7 Å². The molecule has 0 bridgehead atoms. The molecule has 0 radical (unpaired) electrons. The standard InChI is InChI=1S/C20H32N4O.HI/c1-3-24-11-5-8-17(24)14-23-20(21)22-13-16-7-4-6-15-12-18(25-2)9-10-19(15)16;/h9-10,12,16-17H,3-8,11,13-14H2,1-2H3,(H3,21,22,23);1H. The molecule has 2 aliphatic rings. The highest BCUT2D eigenvalue weighted by Crippen LogP contribution is 2.33. The Balaban J connectivity index is 0.00000243. The molecule has 1 aliphatic carbocycles. The van der Waals surface area contributed by atoms with Crippen LogP contribution < -0.4 is 15.8 Å². The van der Waals surface area contributed by atoms with Crippen molar-refractivity contribution in [2.24, 2.45) is 10.7 Å². The number of benzene rings is 1. The number of hydrogen-bond acceptors (Lipinski definition) is 3. The molecule has 26 heavy (non-hydrogen) atoms. The zero-order valence-electron chi connectivity index (χ0n) is 16.0. The lowest BCUT2D eigenvalue weighted by atomic mass is 9.82. The van der Waals surface area contributed by atoms with Crippen LogP contribution in [0, 0.1) is 0 Å². The molecule has 2 atom stereocenters. The van der Waals surface area contributed by atoms with E-state index in [4.69, 9.17) is 10.5 Å². The van der Waals surface area contributed by atoms with Gasteiger partial charge in [-0.1, -0.05) is 13.0 Å². The molecular formula is C20H33IN4O. The van der Waals surface area contributed by atoms with Crippen molar-refractivity contribution in [2.45, 2.75) is 51.0 Å². The number of nitrogens with two attached hydrogens (primary N) is 1. The van der Waals surface area contributed by atoms with Gasteiger partial charge in [0.1, 0.15) is 5.75 Å². The minimum absolute atomic E-state index is 0. The summed E-state index contributed by atoms with van der Waals surface area (Å²) in [5.74, 6) is 2.04. The lowest BCUT2D eigenvalue weighted by Gasteiger charge is -2.26. The van der Waals surface area contributed by atoms with Gasteiger partial charge in [0.25, 0.3) is 0 Å². The Hall–Kier alpha value is -1.02. The zero-order chi connectivity index (χ0) is 17.6. The smallest absolute Gasteiger partial charge is 0.188 e. The van der Waals surface area contributed by atoms with Gasteiger partial charge in [0.15, 0.2) is 5.96 Å². The zero-order valence-corrected chi connectivity index (χ0v) is 18.4. The molecule has 0 amide bonds. The number of aryl methyl sites for hydroxylation is 1. The molecule has 1 saturated heterocycles. The van der Waals surface area contributed by atoms with E-state index in [0.29, 0.717) is 17.9 Å². The molecule has 3 N–H and O–H groups in total. The minimum atomic E-state index is 0. The topological polar surface area (TPSA) is 62.9 Å². The number of halogens is 1.